The second-order valence-corrected chi connectivity index (χ2v) is 7.40. The van der Waals surface area contributed by atoms with Gasteiger partial charge in [-0.2, -0.15) is 10.2 Å². The number of ether oxygens (including phenoxy) is 2. The van der Waals surface area contributed by atoms with Crippen molar-refractivity contribution in [3.8, 4) is 17.6 Å². The number of anilines is 1. The van der Waals surface area contributed by atoms with Gasteiger partial charge in [0.2, 0.25) is 17.5 Å². The molecule has 8 nitrogen and oxygen atoms in total. The van der Waals surface area contributed by atoms with Gasteiger partial charge in [-0.1, -0.05) is 24.3 Å². The lowest BCUT2D eigenvalue weighted by molar-refractivity contribution is 0.0745. The summed E-state index contributed by atoms with van der Waals surface area (Å²) in [5.74, 6) is 2.09. The summed E-state index contributed by atoms with van der Waals surface area (Å²) in [4.78, 5) is 20.9. The van der Waals surface area contributed by atoms with Gasteiger partial charge in [0.15, 0.2) is 0 Å². The number of rotatable bonds is 6. The number of nitrogens with zero attached hydrogens (tertiary/aromatic N) is 4. The fourth-order valence-electron chi connectivity index (χ4n) is 3.70. The van der Waals surface area contributed by atoms with Crippen molar-refractivity contribution in [3.63, 3.8) is 0 Å². The maximum absolute atomic E-state index is 12.9. The fraction of sp³-hybridized carbons (Fsp3) is 0.240. The molecule has 0 spiro atoms. The molecular weight excluding hydrogens is 420 g/mol. The molecule has 1 aliphatic rings. The van der Waals surface area contributed by atoms with Crippen LogP contribution in [0.15, 0.2) is 52.9 Å². The van der Waals surface area contributed by atoms with Crippen molar-refractivity contribution >= 4 is 23.9 Å². The lowest BCUT2D eigenvalue weighted by atomic mass is 10.1. The third-order valence-electron chi connectivity index (χ3n) is 5.45. The molecule has 168 valence electrons. The van der Waals surface area contributed by atoms with Gasteiger partial charge in [-0.05, 0) is 30.3 Å². The van der Waals surface area contributed by atoms with E-state index in [0.717, 1.165) is 11.3 Å². The Labute approximate surface area is 192 Å². The number of para-hydroxylation sites is 1. The molecule has 33 heavy (non-hydrogen) atoms. The van der Waals surface area contributed by atoms with E-state index in [9.17, 15) is 10.1 Å². The zero-order valence-corrected chi connectivity index (χ0v) is 18.5. The van der Waals surface area contributed by atoms with E-state index in [1.807, 2.05) is 41.3 Å². The van der Waals surface area contributed by atoms with E-state index < -0.39 is 0 Å². The molecule has 1 fully saturated rings. The Morgan fingerprint density at radius 1 is 1.06 bits per heavy atom. The van der Waals surface area contributed by atoms with Gasteiger partial charge in [0, 0.05) is 43.4 Å². The van der Waals surface area contributed by atoms with Crippen LogP contribution in [0, 0.1) is 11.3 Å². The van der Waals surface area contributed by atoms with Crippen LogP contribution >= 0.6 is 0 Å². The summed E-state index contributed by atoms with van der Waals surface area (Å²) in [5.41, 5.74) is 1.69. The average molecular weight is 444 g/mol. The lowest BCUT2D eigenvalue weighted by Gasteiger charge is -2.34. The van der Waals surface area contributed by atoms with Gasteiger partial charge in [0.05, 0.1) is 14.2 Å². The maximum atomic E-state index is 12.9. The molecule has 1 amide bonds. The van der Waals surface area contributed by atoms with E-state index in [4.69, 9.17) is 13.9 Å². The van der Waals surface area contributed by atoms with Gasteiger partial charge in [-0.25, -0.2) is 0 Å². The zero-order valence-electron chi connectivity index (χ0n) is 18.5. The molecule has 0 atom stereocenters. The minimum Gasteiger partial charge on any atom is -0.497 e. The van der Waals surface area contributed by atoms with Gasteiger partial charge in [-0.15, -0.1) is 0 Å². The van der Waals surface area contributed by atoms with Crippen LogP contribution in [0.2, 0.25) is 0 Å². The van der Waals surface area contributed by atoms with Gasteiger partial charge in [-0.3, -0.25) is 4.79 Å². The molecule has 0 unspecified atom stereocenters. The van der Waals surface area contributed by atoms with E-state index in [2.05, 4.69) is 11.1 Å². The van der Waals surface area contributed by atoms with Crippen LogP contribution in [0.1, 0.15) is 27.5 Å². The predicted octanol–water partition coefficient (Wildman–Crippen LogP) is 3.70. The molecule has 0 aliphatic carbocycles. The molecule has 1 aromatic heterocycles. The third kappa shape index (κ3) is 4.83. The van der Waals surface area contributed by atoms with Crippen molar-refractivity contribution in [2.75, 3.05) is 45.3 Å². The van der Waals surface area contributed by atoms with Crippen LogP contribution in [0.25, 0.3) is 12.2 Å². The number of nitriles is 1. The van der Waals surface area contributed by atoms with Crippen LogP contribution in [0.5, 0.6) is 11.5 Å². The molecule has 0 N–H and O–H groups in total. The average Bonchev–Trinajstić information content (AvgIpc) is 3.30. The van der Waals surface area contributed by atoms with Crippen molar-refractivity contribution in [1.29, 1.82) is 5.26 Å². The Hall–Kier alpha value is -4.25. The van der Waals surface area contributed by atoms with Crippen molar-refractivity contribution in [2.24, 2.45) is 0 Å². The highest BCUT2D eigenvalue weighted by Gasteiger charge is 2.26. The quantitative estimate of drug-likeness (QED) is 0.572. The highest BCUT2D eigenvalue weighted by atomic mass is 16.5. The Kier molecular flexibility index (Phi) is 6.60. The number of piperazine rings is 1. The number of hydrogen-bond donors (Lipinski definition) is 0. The molecule has 1 saturated heterocycles. The molecule has 2 aromatic carbocycles. The molecule has 0 saturated carbocycles. The van der Waals surface area contributed by atoms with Crippen LogP contribution in [0.3, 0.4) is 0 Å². The summed E-state index contributed by atoms with van der Waals surface area (Å²) in [7, 11) is 3.19. The number of oxazole rings is 1. The molecule has 8 heteroatoms. The summed E-state index contributed by atoms with van der Waals surface area (Å²) >= 11 is 0. The number of carbonyl (C=O) groups excluding carboxylic acids is 1. The standard InChI is InChI=1S/C25H24N4O4/c1-31-20-8-5-7-19(16-20)24(30)28-12-14-29(15-13-28)25-21(17-26)27-23(33-25)11-10-18-6-3-4-9-22(18)32-2/h3-11,16H,12-15H2,1-2H3/b11-10+. The zero-order chi connectivity index (χ0) is 23.2. The Morgan fingerprint density at radius 2 is 1.85 bits per heavy atom. The van der Waals surface area contributed by atoms with Crippen LogP contribution in [-0.2, 0) is 0 Å². The lowest BCUT2D eigenvalue weighted by Crippen LogP contribution is -2.48. The second-order valence-electron chi connectivity index (χ2n) is 7.40. The molecule has 4 rings (SSSR count). The number of hydrogen-bond acceptors (Lipinski definition) is 7. The Balaban J connectivity index is 1.45. The minimum atomic E-state index is -0.0490. The number of methoxy groups -OCH3 is 2. The summed E-state index contributed by atoms with van der Waals surface area (Å²) in [5, 5.41) is 9.55. The summed E-state index contributed by atoms with van der Waals surface area (Å²) in [6.07, 6.45) is 3.55. The topological polar surface area (TPSA) is 91.8 Å². The van der Waals surface area contributed by atoms with E-state index in [1.54, 1.807) is 43.4 Å². The first-order valence-electron chi connectivity index (χ1n) is 10.5. The molecule has 0 bridgehead atoms. The van der Waals surface area contributed by atoms with Crippen LogP contribution < -0.4 is 14.4 Å². The fourth-order valence-corrected chi connectivity index (χ4v) is 3.70. The first kappa shape index (κ1) is 22.0. The third-order valence-corrected chi connectivity index (χ3v) is 5.45. The first-order valence-corrected chi connectivity index (χ1v) is 10.5. The normalized spacial score (nSPS) is 13.7. The van der Waals surface area contributed by atoms with Crippen molar-refractivity contribution in [1.82, 2.24) is 9.88 Å². The minimum absolute atomic E-state index is 0.0490. The monoisotopic (exact) mass is 444 g/mol. The summed E-state index contributed by atoms with van der Waals surface area (Å²) in [6.45, 7) is 2.09. The van der Waals surface area contributed by atoms with Gasteiger partial charge < -0.3 is 23.7 Å². The largest absolute Gasteiger partial charge is 0.497 e. The molecular formula is C25H24N4O4. The van der Waals surface area contributed by atoms with Crippen LogP contribution in [-0.4, -0.2) is 56.2 Å². The number of benzene rings is 2. The predicted molar refractivity (Wildman–Crippen MR) is 124 cm³/mol. The van der Waals surface area contributed by atoms with E-state index in [0.29, 0.717) is 49.3 Å². The summed E-state index contributed by atoms with van der Waals surface area (Å²) < 4.78 is 16.5. The second kappa shape index (κ2) is 9.92. The number of amides is 1. The van der Waals surface area contributed by atoms with Gasteiger partial charge in [0.25, 0.3) is 5.91 Å². The SMILES string of the molecule is COc1cccc(C(=O)N2CCN(c3oc(/C=C/c4ccccc4OC)nc3C#N)CC2)c1. The number of carbonyl (C=O) groups is 1. The molecule has 3 aromatic rings. The molecule has 2 heterocycles. The van der Waals surface area contributed by atoms with Crippen molar-refractivity contribution < 1.29 is 18.7 Å². The van der Waals surface area contributed by atoms with Crippen molar-refractivity contribution in [2.45, 2.75) is 0 Å². The molecule has 1 aliphatic heterocycles. The summed E-state index contributed by atoms with van der Waals surface area (Å²) in [6, 6.07) is 16.8. The van der Waals surface area contributed by atoms with E-state index in [-0.39, 0.29) is 11.6 Å². The van der Waals surface area contributed by atoms with Crippen LogP contribution in [0.4, 0.5) is 5.88 Å². The van der Waals surface area contributed by atoms with Gasteiger partial charge in [0.1, 0.15) is 17.6 Å². The van der Waals surface area contributed by atoms with Crippen molar-refractivity contribution in [3.05, 3.63) is 71.2 Å². The highest BCUT2D eigenvalue weighted by molar-refractivity contribution is 5.94. The Morgan fingerprint density at radius 3 is 2.58 bits per heavy atom. The van der Waals surface area contributed by atoms with E-state index in [1.165, 1.54) is 0 Å². The van der Waals surface area contributed by atoms with Gasteiger partial charge >= 0.3 is 0 Å². The highest BCUT2D eigenvalue weighted by Crippen LogP contribution is 2.26. The Bertz CT molecular complexity index is 1200. The molecule has 0 radical (unpaired) electrons. The number of aromatic nitrogens is 1. The first-order chi connectivity index (χ1) is 16.1. The maximum Gasteiger partial charge on any atom is 0.254 e. The smallest absolute Gasteiger partial charge is 0.254 e. The van der Waals surface area contributed by atoms with E-state index >= 15 is 0 Å².